The highest BCUT2D eigenvalue weighted by atomic mass is 28.4. The number of hydrogen-bond donors (Lipinski definition) is 0. The molecule has 0 unspecified atom stereocenters. The van der Waals surface area contributed by atoms with Crippen LogP contribution < -0.4 is 0 Å². The van der Waals surface area contributed by atoms with Crippen molar-refractivity contribution >= 4 is 32.9 Å². The van der Waals surface area contributed by atoms with Crippen molar-refractivity contribution in [2.75, 3.05) is 0 Å². The molecule has 0 saturated carbocycles. The van der Waals surface area contributed by atoms with Gasteiger partial charge in [0.05, 0.1) is 0 Å². The molecule has 0 amide bonds. The van der Waals surface area contributed by atoms with E-state index in [1.165, 1.54) is 27.7 Å². The lowest BCUT2D eigenvalue weighted by molar-refractivity contribution is -0.158. The fourth-order valence-electron chi connectivity index (χ4n) is 0.928. The molecule has 0 aromatic rings. The minimum absolute atomic E-state index is 0.110. The van der Waals surface area contributed by atoms with Crippen molar-refractivity contribution in [1.82, 2.24) is 0 Å². The van der Waals surface area contributed by atoms with E-state index in [9.17, 15) is 19.2 Å². The van der Waals surface area contributed by atoms with Crippen LogP contribution in [-0.4, -0.2) is 32.9 Å². The van der Waals surface area contributed by atoms with Crippen molar-refractivity contribution in [1.29, 1.82) is 0 Å². The van der Waals surface area contributed by atoms with Crippen molar-refractivity contribution in [2.24, 2.45) is 0 Å². The molecule has 0 aromatic carbocycles. The van der Waals surface area contributed by atoms with Crippen LogP contribution in [0.2, 0.25) is 0 Å². The highest BCUT2D eigenvalue weighted by molar-refractivity contribution is 6.62. The molecule has 8 nitrogen and oxygen atoms in total. The Labute approximate surface area is 146 Å². The van der Waals surface area contributed by atoms with Crippen LogP contribution in [0.4, 0.5) is 0 Å². The predicted octanol–water partition coefficient (Wildman–Crippen LogP) is 1.90. The first-order valence-electron chi connectivity index (χ1n) is 6.86. The second-order valence-corrected chi connectivity index (χ2v) is 7.00. The first-order chi connectivity index (χ1) is 11.3. The summed E-state index contributed by atoms with van der Waals surface area (Å²) in [4.78, 5) is 47.5. The molecule has 25 heavy (non-hydrogen) atoms. The van der Waals surface area contributed by atoms with E-state index in [0.717, 1.165) is 0 Å². The summed E-state index contributed by atoms with van der Waals surface area (Å²) < 4.78 is 19.6. The van der Waals surface area contributed by atoms with Gasteiger partial charge in [-0.1, -0.05) is 26.3 Å². The number of hydrogen-bond acceptors (Lipinski definition) is 8. The van der Waals surface area contributed by atoms with Gasteiger partial charge < -0.3 is 17.7 Å². The average Bonchev–Trinajstić information content (AvgIpc) is 2.46. The van der Waals surface area contributed by atoms with Crippen molar-refractivity contribution in [3.05, 3.63) is 48.6 Å². The zero-order valence-corrected chi connectivity index (χ0v) is 15.6. The second kappa shape index (κ2) is 8.78. The Hall–Kier alpha value is -2.94. The van der Waals surface area contributed by atoms with E-state index in [-0.39, 0.29) is 22.3 Å². The summed E-state index contributed by atoms with van der Waals surface area (Å²) >= 11 is 0. The molecule has 0 aliphatic carbocycles. The fraction of sp³-hybridized carbons (Fsp3) is 0.250. The topological polar surface area (TPSA) is 105 Å². The van der Waals surface area contributed by atoms with Crippen molar-refractivity contribution in [3.63, 3.8) is 0 Å². The molecule has 0 aliphatic heterocycles. The van der Waals surface area contributed by atoms with Crippen LogP contribution in [0.25, 0.3) is 0 Å². The first-order valence-corrected chi connectivity index (χ1v) is 8.50. The van der Waals surface area contributed by atoms with Crippen molar-refractivity contribution < 1.29 is 36.9 Å². The summed E-state index contributed by atoms with van der Waals surface area (Å²) in [6, 6.07) is 0. The molecular formula is C16H20O8Si. The van der Waals surface area contributed by atoms with Crippen LogP contribution in [-0.2, 0) is 36.9 Å². The standard InChI is InChI=1S/C16H20O8Si/c1-9(2)13(17)21-25(22-14(18)10(3)4,23-15(19)11(5)6)24-16(20)12(7)8/h1,3,5,7H2,2,4,6,8H3. The van der Waals surface area contributed by atoms with Gasteiger partial charge in [0.1, 0.15) is 0 Å². The first kappa shape index (κ1) is 22.1. The molecule has 0 fully saturated rings. The summed E-state index contributed by atoms with van der Waals surface area (Å²) in [5, 5.41) is 0. The van der Waals surface area contributed by atoms with Gasteiger partial charge in [-0.2, -0.15) is 0 Å². The number of rotatable bonds is 8. The monoisotopic (exact) mass is 368 g/mol. The molecule has 0 aromatic heterocycles. The van der Waals surface area contributed by atoms with Gasteiger partial charge in [-0.3, -0.25) is 0 Å². The van der Waals surface area contributed by atoms with Gasteiger partial charge in [0, 0.05) is 22.3 Å². The third-order valence-corrected chi connectivity index (χ3v) is 4.01. The molecule has 0 spiro atoms. The van der Waals surface area contributed by atoms with Crippen molar-refractivity contribution in [2.45, 2.75) is 27.7 Å². The highest BCUT2D eigenvalue weighted by Crippen LogP contribution is 2.19. The van der Waals surface area contributed by atoms with Gasteiger partial charge in [0.2, 0.25) is 0 Å². The van der Waals surface area contributed by atoms with Crippen LogP contribution in [0, 0.1) is 0 Å². The zero-order chi connectivity index (χ0) is 19.9. The Bertz CT molecular complexity index is 556. The van der Waals surface area contributed by atoms with E-state index >= 15 is 0 Å². The van der Waals surface area contributed by atoms with Gasteiger partial charge in [-0.15, -0.1) is 0 Å². The lowest BCUT2D eigenvalue weighted by atomic mass is 10.4. The minimum Gasteiger partial charge on any atom is -0.419 e. The Morgan fingerprint density at radius 2 is 0.680 bits per heavy atom. The van der Waals surface area contributed by atoms with E-state index in [1.54, 1.807) is 0 Å². The Kier molecular flexibility index (Phi) is 7.75. The summed E-state index contributed by atoms with van der Waals surface area (Å²) in [5.41, 5.74) is -0.441. The van der Waals surface area contributed by atoms with Crippen LogP contribution in [0.3, 0.4) is 0 Å². The summed E-state index contributed by atoms with van der Waals surface area (Å²) in [5.74, 6) is -4.37. The van der Waals surface area contributed by atoms with Crippen LogP contribution >= 0.6 is 0 Å². The zero-order valence-electron chi connectivity index (χ0n) is 14.6. The lowest BCUT2D eigenvalue weighted by Gasteiger charge is -2.25. The molecule has 0 atom stereocenters. The summed E-state index contributed by atoms with van der Waals surface area (Å²) in [7, 11) is -4.94. The van der Waals surface area contributed by atoms with E-state index < -0.39 is 32.9 Å². The molecule has 0 rings (SSSR count). The molecule has 0 bridgehead atoms. The largest absolute Gasteiger partial charge is 0.975 e. The van der Waals surface area contributed by atoms with E-state index in [4.69, 9.17) is 17.7 Å². The van der Waals surface area contributed by atoms with Gasteiger partial charge in [-0.25, -0.2) is 19.2 Å². The summed E-state index contributed by atoms with van der Waals surface area (Å²) in [6.07, 6.45) is 0. The fourth-order valence-corrected chi connectivity index (χ4v) is 2.78. The Balaban J connectivity index is 6.05. The molecule has 0 aliphatic rings. The average molecular weight is 368 g/mol. The number of carbonyl (C=O) groups is 4. The predicted molar refractivity (Wildman–Crippen MR) is 89.4 cm³/mol. The molecule has 0 radical (unpaired) electrons. The molecule has 0 N–H and O–H groups in total. The van der Waals surface area contributed by atoms with Gasteiger partial charge in [0.15, 0.2) is 0 Å². The molecule has 0 saturated heterocycles. The molecule has 0 heterocycles. The van der Waals surface area contributed by atoms with Gasteiger partial charge in [0.25, 0.3) is 0 Å². The van der Waals surface area contributed by atoms with Crippen LogP contribution in [0.1, 0.15) is 27.7 Å². The maximum atomic E-state index is 11.9. The second-order valence-electron chi connectivity index (χ2n) is 5.18. The van der Waals surface area contributed by atoms with E-state index in [2.05, 4.69) is 26.3 Å². The highest BCUT2D eigenvalue weighted by Gasteiger charge is 2.63. The molecular weight excluding hydrogens is 348 g/mol. The van der Waals surface area contributed by atoms with Crippen LogP contribution in [0.15, 0.2) is 48.6 Å². The molecule has 9 heteroatoms. The van der Waals surface area contributed by atoms with Gasteiger partial charge in [-0.05, 0) is 27.7 Å². The Morgan fingerprint density at radius 3 is 0.800 bits per heavy atom. The third kappa shape index (κ3) is 7.00. The SMILES string of the molecule is C=C(C)C(=O)O[Si](OC(=O)C(=C)C)(OC(=O)C(=C)C)OC(=O)C(=C)C. The molecule has 136 valence electrons. The minimum atomic E-state index is -4.94. The maximum Gasteiger partial charge on any atom is 0.975 e. The maximum absolute atomic E-state index is 11.9. The van der Waals surface area contributed by atoms with Gasteiger partial charge >= 0.3 is 32.9 Å². The quantitative estimate of drug-likeness (QED) is 0.472. The van der Waals surface area contributed by atoms with E-state index in [0.29, 0.717) is 0 Å². The normalized spacial score (nSPS) is 10.1. The Morgan fingerprint density at radius 1 is 0.520 bits per heavy atom. The summed E-state index contributed by atoms with van der Waals surface area (Å²) in [6.45, 7) is 18.6. The van der Waals surface area contributed by atoms with Crippen LogP contribution in [0.5, 0.6) is 0 Å². The van der Waals surface area contributed by atoms with E-state index in [1.807, 2.05) is 0 Å². The smallest absolute Gasteiger partial charge is 0.419 e. The lowest BCUT2D eigenvalue weighted by Crippen LogP contribution is -2.54. The van der Waals surface area contributed by atoms with Crippen molar-refractivity contribution in [3.8, 4) is 0 Å². The third-order valence-electron chi connectivity index (χ3n) is 2.26. The number of carbonyl (C=O) groups excluding carboxylic acids is 4.